The normalized spacial score (nSPS) is 19.8. The third kappa shape index (κ3) is 17.5. The summed E-state index contributed by atoms with van der Waals surface area (Å²) in [4.78, 5) is 59.7. The molecule has 0 aromatic carbocycles. The Morgan fingerprint density at radius 2 is 0.675 bits per heavy atom. The van der Waals surface area contributed by atoms with Gasteiger partial charge in [0.15, 0.2) is 0 Å². The van der Waals surface area contributed by atoms with Crippen molar-refractivity contribution in [1.82, 2.24) is 0 Å². The zero-order valence-electron chi connectivity index (χ0n) is 25.1. The third-order valence-corrected chi connectivity index (χ3v) is 15.3. The van der Waals surface area contributed by atoms with E-state index in [1.165, 1.54) is 41.5 Å². The van der Waals surface area contributed by atoms with E-state index in [1.54, 1.807) is 20.8 Å². The van der Waals surface area contributed by atoms with E-state index in [2.05, 4.69) is 0 Å². The van der Waals surface area contributed by atoms with E-state index >= 15 is 0 Å². The SMILES string of the molecule is CCCP(=O)(O)C(C)C(C)C(=O)[O-].CCCP(=O)(O)C(C)C(C)C(=O)[O-].CCCP(=O)(O)C(C)C(C)C(=O)[O-].[Al+3]. The average molecular weight is 649 g/mol. The van der Waals surface area contributed by atoms with Gasteiger partial charge in [-0.25, -0.2) is 0 Å². The molecule has 0 fully saturated rings. The molecule has 0 amide bonds. The minimum Gasteiger partial charge on any atom is -0.550 e. The van der Waals surface area contributed by atoms with Gasteiger partial charge in [-0.1, -0.05) is 62.3 Å². The Morgan fingerprint density at radius 3 is 0.775 bits per heavy atom. The van der Waals surface area contributed by atoms with Crippen molar-refractivity contribution >= 4 is 57.4 Å². The van der Waals surface area contributed by atoms with Crippen LogP contribution in [0.15, 0.2) is 0 Å². The maximum Gasteiger partial charge on any atom is 3.00 e. The van der Waals surface area contributed by atoms with Crippen molar-refractivity contribution in [2.75, 3.05) is 18.5 Å². The molecule has 0 aliphatic rings. The summed E-state index contributed by atoms with van der Waals surface area (Å²) in [5, 5.41) is 31.3. The van der Waals surface area contributed by atoms with E-state index in [1.807, 2.05) is 0 Å². The summed E-state index contributed by atoms with van der Waals surface area (Å²) in [6.07, 6.45) is 2.26. The van der Waals surface area contributed by atoms with Crippen LogP contribution >= 0.6 is 22.1 Å². The Hall–Kier alpha value is -0.488. The molecular formula is C24H48AlO12P3. The zero-order valence-corrected chi connectivity index (χ0v) is 29.0. The molecule has 9 unspecified atom stereocenters. The first-order chi connectivity index (χ1) is 17.5. The Balaban J connectivity index is -0.000000240. The van der Waals surface area contributed by atoms with Crippen molar-refractivity contribution in [3.05, 3.63) is 0 Å². The molecule has 16 heteroatoms. The molecule has 9 atom stereocenters. The van der Waals surface area contributed by atoms with Gasteiger partial charge in [0.2, 0.25) is 22.1 Å². The number of carbonyl (C=O) groups excluding carboxylic acids is 3. The van der Waals surface area contributed by atoms with Crippen LogP contribution in [-0.4, -0.2) is 85.4 Å². The molecule has 234 valence electrons. The zero-order chi connectivity index (χ0) is 31.9. The van der Waals surface area contributed by atoms with Crippen molar-refractivity contribution in [2.45, 2.75) is 98.6 Å². The molecule has 0 aliphatic carbocycles. The molecule has 0 rings (SSSR count). The molecular weight excluding hydrogens is 600 g/mol. The Bertz CT molecular complexity index is 799. The van der Waals surface area contributed by atoms with E-state index in [0.717, 1.165) is 0 Å². The molecule has 0 saturated heterocycles. The van der Waals surface area contributed by atoms with Crippen LogP contribution in [0.2, 0.25) is 0 Å². The van der Waals surface area contributed by atoms with Crippen LogP contribution < -0.4 is 15.3 Å². The second kappa shape index (κ2) is 21.2. The van der Waals surface area contributed by atoms with Gasteiger partial charge in [-0.2, -0.15) is 0 Å². The summed E-state index contributed by atoms with van der Waals surface area (Å²) in [6.45, 7) is 14.0. The van der Waals surface area contributed by atoms with Crippen LogP contribution in [0.3, 0.4) is 0 Å². The molecule has 0 aromatic rings. The van der Waals surface area contributed by atoms with E-state index in [9.17, 15) is 58.1 Å². The van der Waals surface area contributed by atoms with Crippen LogP contribution in [0.4, 0.5) is 0 Å². The number of carboxylic acids is 3. The number of hydrogen-bond acceptors (Lipinski definition) is 9. The topological polar surface area (TPSA) is 232 Å². The summed E-state index contributed by atoms with van der Waals surface area (Å²) < 4.78 is 34.6. The van der Waals surface area contributed by atoms with Crippen LogP contribution in [0, 0.1) is 17.8 Å². The number of rotatable bonds is 15. The average Bonchev–Trinajstić information content (AvgIpc) is 2.81. The van der Waals surface area contributed by atoms with Gasteiger partial charge in [0.1, 0.15) is 0 Å². The second-order valence-electron chi connectivity index (χ2n) is 9.98. The van der Waals surface area contributed by atoms with Crippen molar-refractivity contribution in [1.29, 1.82) is 0 Å². The maximum absolute atomic E-state index is 11.5. The quantitative estimate of drug-likeness (QED) is 0.166. The maximum atomic E-state index is 11.5. The van der Waals surface area contributed by atoms with Gasteiger partial charge < -0.3 is 44.4 Å². The fraction of sp³-hybridized carbons (Fsp3) is 0.875. The second-order valence-corrected chi connectivity index (χ2v) is 18.3. The summed E-state index contributed by atoms with van der Waals surface area (Å²) in [5.41, 5.74) is -2.17. The van der Waals surface area contributed by atoms with Gasteiger partial charge in [0.25, 0.3) is 0 Å². The monoisotopic (exact) mass is 648 g/mol. The van der Waals surface area contributed by atoms with E-state index in [-0.39, 0.29) is 35.8 Å². The first kappa shape index (κ1) is 46.5. The van der Waals surface area contributed by atoms with Gasteiger partial charge in [-0.15, -0.1) is 0 Å². The van der Waals surface area contributed by atoms with Crippen LogP contribution in [0.1, 0.15) is 81.6 Å². The molecule has 0 radical (unpaired) electrons. The minimum atomic E-state index is -3.31. The van der Waals surface area contributed by atoms with Gasteiger partial charge in [-0.05, 0) is 19.3 Å². The van der Waals surface area contributed by atoms with Crippen LogP contribution in [0.5, 0.6) is 0 Å². The molecule has 0 aliphatic heterocycles. The third-order valence-electron chi connectivity index (χ3n) is 6.83. The predicted octanol–water partition coefficient (Wildman–Crippen LogP) is 0.943. The molecule has 0 bridgehead atoms. The number of carbonyl (C=O) groups is 3. The summed E-state index contributed by atoms with van der Waals surface area (Å²) >= 11 is 0. The fourth-order valence-electron chi connectivity index (χ4n) is 3.21. The summed E-state index contributed by atoms with van der Waals surface area (Å²) in [6, 6.07) is 0. The van der Waals surface area contributed by atoms with E-state index in [4.69, 9.17) is 0 Å². The van der Waals surface area contributed by atoms with Crippen molar-refractivity contribution < 1.29 is 58.1 Å². The molecule has 0 spiro atoms. The molecule has 0 saturated carbocycles. The van der Waals surface area contributed by atoms with Gasteiger partial charge in [0, 0.05) is 71.1 Å². The molecule has 0 heterocycles. The number of hydrogen-bond donors (Lipinski definition) is 3. The molecule has 0 aromatic heterocycles. The van der Waals surface area contributed by atoms with Gasteiger partial charge in [-0.3, -0.25) is 13.7 Å². The largest absolute Gasteiger partial charge is 3.00 e. The van der Waals surface area contributed by atoms with Crippen LogP contribution in [-0.2, 0) is 28.1 Å². The molecule has 12 nitrogen and oxygen atoms in total. The fourth-order valence-corrected chi connectivity index (χ4v) is 8.82. The van der Waals surface area contributed by atoms with E-state index < -0.39 is 74.7 Å². The van der Waals surface area contributed by atoms with Crippen molar-refractivity contribution in [2.24, 2.45) is 17.8 Å². The standard InChI is InChI=1S/3C8H17O4P.Al/c3*1-4-5-13(11,12)7(3)6(2)8(9)10;/h3*6-7H,4-5H2,1-3H3,(H,9,10)(H,11,12);/q;;;+3/p-3. The Labute approximate surface area is 249 Å². The van der Waals surface area contributed by atoms with Crippen molar-refractivity contribution in [3.8, 4) is 0 Å². The summed E-state index contributed by atoms with van der Waals surface area (Å²) in [7, 11) is -9.94. The number of aliphatic carboxylic acids is 3. The Kier molecular flexibility index (Phi) is 24.7. The first-order valence-corrected chi connectivity index (χ1v) is 18.8. The number of carboxylic acid groups (broad SMARTS) is 3. The molecule has 40 heavy (non-hydrogen) atoms. The van der Waals surface area contributed by atoms with Gasteiger partial charge >= 0.3 is 17.4 Å². The smallest absolute Gasteiger partial charge is 0.550 e. The predicted molar refractivity (Wildman–Crippen MR) is 152 cm³/mol. The minimum absolute atomic E-state index is 0. The Morgan fingerprint density at radius 1 is 0.525 bits per heavy atom. The van der Waals surface area contributed by atoms with Gasteiger partial charge in [0.05, 0.1) is 0 Å². The first-order valence-electron chi connectivity index (χ1n) is 13.0. The van der Waals surface area contributed by atoms with Crippen molar-refractivity contribution in [3.63, 3.8) is 0 Å². The molecule has 3 N–H and O–H groups in total. The summed E-state index contributed by atoms with van der Waals surface area (Å²) in [5.74, 6) is -6.42. The van der Waals surface area contributed by atoms with Crippen LogP contribution in [0.25, 0.3) is 0 Å². The van der Waals surface area contributed by atoms with E-state index in [0.29, 0.717) is 19.3 Å².